The maximum atomic E-state index is 2.56. The fraction of sp³-hybridized carbons (Fsp3) is 1.00. The molecule has 17 heavy (non-hydrogen) atoms. The van der Waals surface area contributed by atoms with Crippen LogP contribution in [0.3, 0.4) is 0 Å². The first-order valence-electron chi connectivity index (χ1n) is 8.00. The quantitative estimate of drug-likeness (QED) is 0.614. The first-order valence-corrected chi connectivity index (χ1v) is 8.00. The van der Waals surface area contributed by atoms with E-state index in [1.807, 2.05) is 0 Å². The van der Waals surface area contributed by atoms with Gasteiger partial charge in [0.25, 0.3) is 0 Å². The molecule has 4 rings (SSSR count). The fourth-order valence-electron chi connectivity index (χ4n) is 5.53. The summed E-state index contributed by atoms with van der Waals surface area (Å²) >= 11 is 0. The SMILES string of the molecule is CC1CCCC1BC1C[C@H]2C[C@H](C1C)C2(C)C. The Kier molecular flexibility index (Phi) is 2.87. The van der Waals surface area contributed by atoms with Gasteiger partial charge < -0.3 is 0 Å². The van der Waals surface area contributed by atoms with E-state index in [4.69, 9.17) is 0 Å². The number of hydrogen-bond acceptors (Lipinski definition) is 0. The van der Waals surface area contributed by atoms with Gasteiger partial charge in [-0.2, -0.15) is 0 Å². The van der Waals surface area contributed by atoms with E-state index in [1.54, 1.807) is 20.1 Å². The van der Waals surface area contributed by atoms with Crippen LogP contribution in [-0.2, 0) is 0 Å². The summed E-state index contributed by atoms with van der Waals surface area (Å²) in [6, 6.07) is 0. The highest BCUT2D eigenvalue weighted by molar-refractivity contribution is 6.40. The van der Waals surface area contributed by atoms with Gasteiger partial charge in [0.05, 0.1) is 0 Å². The predicted molar refractivity (Wildman–Crippen MR) is 76.8 cm³/mol. The van der Waals surface area contributed by atoms with Crippen molar-refractivity contribution in [2.45, 2.75) is 71.4 Å². The molecule has 0 spiro atoms. The Morgan fingerprint density at radius 2 is 1.76 bits per heavy atom. The summed E-state index contributed by atoms with van der Waals surface area (Å²) in [6.45, 7) is 10.1. The summed E-state index contributed by atoms with van der Waals surface area (Å²) in [5.41, 5.74) is 0.678. The van der Waals surface area contributed by atoms with E-state index in [-0.39, 0.29) is 0 Å². The predicted octanol–water partition coefficient (Wildman–Crippen LogP) is 4.52. The van der Waals surface area contributed by atoms with Crippen LogP contribution in [0.5, 0.6) is 0 Å². The molecule has 0 aromatic heterocycles. The van der Waals surface area contributed by atoms with E-state index in [1.165, 1.54) is 19.3 Å². The second kappa shape index (κ2) is 4.03. The molecular formula is C16H29B. The van der Waals surface area contributed by atoms with Crippen molar-refractivity contribution in [1.82, 2.24) is 0 Å². The molecule has 4 aliphatic rings. The van der Waals surface area contributed by atoms with Crippen molar-refractivity contribution in [3.8, 4) is 0 Å². The van der Waals surface area contributed by atoms with E-state index < -0.39 is 0 Å². The highest BCUT2D eigenvalue weighted by Crippen LogP contribution is 2.65. The van der Waals surface area contributed by atoms with Crippen LogP contribution >= 0.6 is 0 Å². The molecule has 0 N–H and O–H groups in total. The molecule has 1 heteroatoms. The number of hydrogen-bond donors (Lipinski definition) is 0. The van der Waals surface area contributed by atoms with E-state index >= 15 is 0 Å². The first-order chi connectivity index (χ1) is 8.00. The zero-order valence-electron chi connectivity index (χ0n) is 12.2. The lowest BCUT2D eigenvalue weighted by Gasteiger charge is -2.62. The molecule has 4 saturated carbocycles. The molecule has 0 aromatic rings. The second-order valence-electron chi connectivity index (χ2n) is 8.12. The van der Waals surface area contributed by atoms with E-state index in [0.717, 1.165) is 35.3 Å². The first kappa shape index (κ1) is 12.1. The van der Waals surface area contributed by atoms with Crippen LogP contribution in [-0.4, -0.2) is 7.28 Å². The monoisotopic (exact) mass is 232 g/mol. The molecule has 0 radical (unpaired) electrons. The normalized spacial score (nSPS) is 52.0. The zero-order valence-corrected chi connectivity index (χ0v) is 12.2. The van der Waals surface area contributed by atoms with Crippen LogP contribution in [0.4, 0.5) is 0 Å². The van der Waals surface area contributed by atoms with Crippen LogP contribution in [0.15, 0.2) is 0 Å². The summed E-state index contributed by atoms with van der Waals surface area (Å²) < 4.78 is 0. The van der Waals surface area contributed by atoms with Gasteiger partial charge in [-0.15, -0.1) is 0 Å². The standard InChI is InChI=1S/C16H29B/c1-10-6-5-7-14(10)17-15-9-12-8-13(11(15)2)16(12,3)4/h10-15,17H,5-9H2,1-4H3/t10?,11?,12-,13-,14?,15?/m1/s1. The molecule has 0 saturated heterocycles. The highest BCUT2D eigenvalue weighted by Gasteiger charge is 2.56. The molecule has 2 bridgehead atoms. The zero-order chi connectivity index (χ0) is 12.2. The minimum atomic E-state index is 0.678. The Labute approximate surface area is 108 Å². The van der Waals surface area contributed by atoms with Crippen LogP contribution in [0, 0.1) is 29.1 Å². The van der Waals surface area contributed by atoms with Crippen molar-refractivity contribution in [3.05, 3.63) is 0 Å². The van der Waals surface area contributed by atoms with Crippen molar-refractivity contribution in [2.75, 3.05) is 0 Å². The Morgan fingerprint density at radius 1 is 1.00 bits per heavy atom. The van der Waals surface area contributed by atoms with Crippen LogP contribution in [0.1, 0.15) is 59.8 Å². The lowest BCUT2D eigenvalue weighted by atomic mass is 9.35. The summed E-state index contributed by atoms with van der Waals surface area (Å²) in [5.74, 6) is 6.27. The Hall–Kier alpha value is 0.0649. The van der Waals surface area contributed by atoms with Crippen molar-refractivity contribution in [3.63, 3.8) is 0 Å². The van der Waals surface area contributed by atoms with Gasteiger partial charge in [-0.05, 0) is 35.5 Å². The maximum Gasteiger partial charge on any atom is 0.128 e. The lowest BCUT2D eigenvalue weighted by molar-refractivity contribution is -0.0987. The highest BCUT2D eigenvalue weighted by atomic mass is 14.6. The molecule has 0 aromatic carbocycles. The third-order valence-corrected chi connectivity index (χ3v) is 7.16. The number of rotatable bonds is 2. The lowest BCUT2D eigenvalue weighted by Crippen LogP contribution is -2.54. The molecule has 0 amide bonds. The summed E-state index contributed by atoms with van der Waals surface area (Å²) in [5, 5.41) is 0. The molecule has 4 unspecified atom stereocenters. The second-order valence-corrected chi connectivity index (χ2v) is 8.12. The van der Waals surface area contributed by atoms with Crippen molar-refractivity contribution in [1.29, 1.82) is 0 Å². The molecule has 4 aliphatic carbocycles. The van der Waals surface area contributed by atoms with Gasteiger partial charge in [-0.25, -0.2) is 0 Å². The minimum Gasteiger partial charge on any atom is -0.0629 e. The van der Waals surface area contributed by atoms with Crippen LogP contribution in [0.2, 0.25) is 11.6 Å². The molecule has 96 valence electrons. The van der Waals surface area contributed by atoms with Gasteiger partial charge in [-0.3, -0.25) is 0 Å². The third-order valence-electron chi connectivity index (χ3n) is 7.16. The number of fused-ring (bicyclic) bond motifs is 2. The summed E-state index contributed by atoms with van der Waals surface area (Å²) in [4.78, 5) is 0. The summed E-state index contributed by atoms with van der Waals surface area (Å²) in [6.07, 6.45) is 7.64. The van der Waals surface area contributed by atoms with E-state index in [9.17, 15) is 0 Å². The average molecular weight is 232 g/mol. The third kappa shape index (κ3) is 1.80. The minimum absolute atomic E-state index is 0.678. The molecule has 0 heterocycles. The van der Waals surface area contributed by atoms with Crippen molar-refractivity contribution in [2.24, 2.45) is 29.1 Å². The molecule has 0 aliphatic heterocycles. The average Bonchev–Trinajstić information content (AvgIpc) is 2.66. The van der Waals surface area contributed by atoms with E-state index in [2.05, 4.69) is 27.7 Å². The van der Waals surface area contributed by atoms with Crippen LogP contribution < -0.4 is 0 Å². The van der Waals surface area contributed by atoms with Gasteiger partial charge in [0.2, 0.25) is 0 Å². The van der Waals surface area contributed by atoms with Crippen molar-refractivity contribution >= 4 is 7.28 Å². The van der Waals surface area contributed by atoms with Crippen molar-refractivity contribution < 1.29 is 0 Å². The summed E-state index contributed by atoms with van der Waals surface area (Å²) in [7, 11) is 1.56. The van der Waals surface area contributed by atoms with E-state index in [0.29, 0.717) is 5.41 Å². The van der Waals surface area contributed by atoms with Gasteiger partial charge in [-0.1, -0.05) is 65.0 Å². The Balaban J connectivity index is 1.63. The van der Waals surface area contributed by atoms with Gasteiger partial charge in [0.1, 0.15) is 7.28 Å². The van der Waals surface area contributed by atoms with Gasteiger partial charge in [0, 0.05) is 0 Å². The maximum absolute atomic E-state index is 2.56. The largest absolute Gasteiger partial charge is 0.128 e. The van der Waals surface area contributed by atoms with Crippen LogP contribution in [0.25, 0.3) is 0 Å². The molecule has 6 atom stereocenters. The fourth-order valence-corrected chi connectivity index (χ4v) is 5.53. The van der Waals surface area contributed by atoms with Gasteiger partial charge >= 0.3 is 0 Å². The smallest absolute Gasteiger partial charge is 0.0629 e. The Bertz CT molecular complexity index is 296. The Morgan fingerprint density at radius 3 is 2.29 bits per heavy atom. The topological polar surface area (TPSA) is 0 Å². The molecule has 0 nitrogen and oxygen atoms in total. The molecule has 4 fully saturated rings. The molecular weight excluding hydrogens is 203 g/mol. The van der Waals surface area contributed by atoms with Gasteiger partial charge in [0.15, 0.2) is 0 Å².